The summed E-state index contributed by atoms with van der Waals surface area (Å²) in [4.78, 5) is 22.3. The largest absolute Gasteiger partial charge is 0.481 e. The van der Waals surface area contributed by atoms with Crippen molar-refractivity contribution >= 4 is 11.9 Å². The Morgan fingerprint density at radius 1 is 0.760 bits per heavy atom. The van der Waals surface area contributed by atoms with Gasteiger partial charge in [-0.25, -0.2) is 0 Å². The van der Waals surface area contributed by atoms with Crippen molar-refractivity contribution in [3.05, 3.63) is 0 Å². The molecule has 0 fully saturated rings. The van der Waals surface area contributed by atoms with Crippen LogP contribution in [0.2, 0.25) is 0 Å². The third-order valence-corrected chi connectivity index (χ3v) is 4.65. The third kappa shape index (κ3) is 17.6. The highest BCUT2D eigenvalue weighted by atomic mass is 16.5. The molecule has 0 aliphatic rings. The Kier molecular flexibility index (Phi) is 17.0. The summed E-state index contributed by atoms with van der Waals surface area (Å²) >= 11 is 0. The van der Waals surface area contributed by atoms with E-state index >= 15 is 0 Å². The number of carbonyl (C=O) groups excluding carboxylic acids is 1. The van der Waals surface area contributed by atoms with Gasteiger partial charge in [-0.3, -0.25) is 9.59 Å². The van der Waals surface area contributed by atoms with Gasteiger partial charge in [0.1, 0.15) is 6.10 Å². The summed E-state index contributed by atoms with van der Waals surface area (Å²) in [5, 5.41) is 8.55. The van der Waals surface area contributed by atoms with Crippen LogP contribution >= 0.6 is 0 Å². The van der Waals surface area contributed by atoms with Gasteiger partial charge in [-0.1, -0.05) is 71.6 Å². The Morgan fingerprint density at radius 2 is 1.28 bits per heavy atom. The monoisotopic (exact) mass is 356 g/mol. The number of carboxylic acids is 1. The first kappa shape index (κ1) is 23.9. The van der Waals surface area contributed by atoms with Crippen molar-refractivity contribution < 1.29 is 19.4 Å². The average molecular weight is 357 g/mol. The minimum Gasteiger partial charge on any atom is -0.481 e. The highest BCUT2D eigenvalue weighted by molar-refractivity contribution is 5.69. The molecule has 4 nitrogen and oxygen atoms in total. The first-order chi connectivity index (χ1) is 12.1. The Labute approximate surface area is 154 Å². The van der Waals surface area contributed by atoms with E-state index in [1.54, 1.807) is 0 Å². The molecule has 0 saturated carbocycles. The van der Waals surface area contributed by atoms with Crippen LogP contribution in [0.4, 0.5) is 0 Å². The molecule has 0 heterocycles. The molecule has 0 amide bonds. The molecule has 0 aliphatic heterocycles. The number of aliphatic carboxylic acids is 1. The quantitative estimate of drug-likeness (QED) is 0.232. The van der Waals surface area contributed by atoms with Gasteiger partial charge in [0.05, 0.1) is 0 Å². The molecule has 148 valence electrons. The van der Waals surface area contributed by atoms with Gasteiger partial charge in [-0.2, -0.15) is 0 Å². The number of carbonyl (C=O) groups is 2. The number of hydrogen-bond acceptors (Lipinski definition) is 3. The van der Waals surface area contributed by atoms with E-state index < -0.39 is 5.97 Å². The maximum absolute atomic E-state index is 11.9. The van der Waals surface area contributed by atoms with E-state index in [1.165, 1.54) is 32.1 Å². The van der Waals surface area contributed by atoms with Gasteiger partial charge in [0.25, 0.3) is 0 Å². The molecule has 25 heavy (non-hydrogen) atoms. The topological polar surface area (TPSA) is 63.6 Å². The number of unbranched alkanes of at least 4 members (excludes halogenated alkanes) is 10. The van der Waals surface area contributed by atoms with Crippen molar-refractivity contribution in [2.75, 3.05) is 0 Å². The van der Waals surface area contributed by atoms with Crippen molar-refractivity contribution in [3.63, 3.8) is 0 Å². The lowest BCUT2D eigenvalue weighted by molar-refractivity contribution is -0.149. The molecular formula is C21H40O4. The van der Waals surface area contributed by atoms with Crippen LogP contribution in [0.3, 0.4) is 0 Å². The van der Waals surface area contributed by atoms with Gasteiger partial charge in [-0.05, 0) is 32.1 Å². The second-order valence-corrected chi connectivity index (χ2v) is 7.09. The second-order valence-electron chi connectivity index (χ2n) is 7.09. The summed E-state index contributed by atoms with van der Waals surface area (Å²) in [6.07, 6.45) is 16.2. The summed E-state index contributed by atoms with van der Waals surface area (Å²) in [7, 11) is 0. The zero-order chi connectivity index (χ0) is 18.8. The lowest BCUT2D eigenvalue weighted by atomic mass is 10.1. The molecular weight excluding hydrogens is 316 g/mol. The smallest absolute Gasteiger partial charge is 0.306 e. The molecule has 0 spiro atoms. The van der Waals surface area contributed by atoms with E-state index in [1.807, 2.05) is 0 Å². The molecule has 0 aromatic rings. The first-order valence-electron chi connectivity index (χ1n) is 10.5. The van der Waals surface area contributed by atoms with Gasteiger partial charge in [0.15, 0.2) is 0 Å². The van der Waals surface area contributed by atoms with E-state index in [4.69, 9.17) is 9.84 Å². The van der Waals surface area contributed by atoms with E-state index in [9.17, 15) is 9.59 Å². The predicted octanol–water partition coefficient (Wildman–Crippen LogP) is 6.26. The van der Waals surface area contributed by atoms with Gasteiger partial charge in [-0.15, -0.1) is 0 Å². The van der Waals surface area contributed by atoms with Crippen LogP contribution in [0, 0.1) is 0 Å². The second kappa shape index (κ2) is 17.8. The van der Waals surface area contributed by atoms with E-state index in [-0.39, 0.29) is 12.1 Å². The normalized spacial score (nSPS) is 12.1. The fraction of sp³-hybridized carbons (Fsp3) is 0.905. The van der Waals surface area contributed by atoms with E-state index in [0.29, 0.717) is 12.8 Å². The molecule has 0 aromatic carbocycles. The van der Waals surface area contributed by atoms with Gasteiger partial charge >= 0.3 is 11.9 Å². The molecule has 1 N–H and O–H groups in total. The van der Waals surface area contributed by atoms with Crippen molar-refractivity contribution in [2.45, 2.75) is 123 Å². The third-order valence-electron chi connectivity index (χ3n) is 4.65. The van der Waals surface area contributed by atoms with Gasteiger partial charge < -0.3 is 9.84 Å². The maximum Gasteiger partial charge on any atom is 0.306 e. The number of esters is 1. The zero-order valence-corrected chi connectivity index (χ0v) is 16.6. The van der Waals surface area contributed by atoms with E-state index in [2.05, 4.69) is 13.8 Å². The summed E-state index contributed by atoms with van der Waals surface area (Å²) in [6, 6.07) is 0. The summed E-state index contributed by atoms with van der Waals surface area (Å²) in [6.45, 7) is 4.30. The highest BCUT2D eigenvalue weighted by Gasteiger charge is 2.11. The Morgan fingerprint density at radius 3 is 1.80 bits per heavy atom. The molecule has 0 rings (SSSR count). The number of carboxylic acid groups (broad SMARTS) is 1. The minimum absolute atomic E-state index is 0.0315. The number of ether oxygens (including phenoxy) is 1. The molecule has 1 atom stereocenters. The van der Waals surface area contributed by atoms with Crippen LogP contribution in [0.5, 0.6) is 0 Å². The van der Waals surface area contributed by atoms with Crippen LogP contribution in [0.15, 0.2) is 0 Å². The van der Waals surface area contributed by atoms with Crippen molar-refractivity contribution in [2.24, 2.45) is 0 Å². The van der Waals surface area contributed by atoms with Crippen molar-refractivity contribution in [1.82, 2.24) is 0 Å². The Bertz CT molecular complexity index is 328. The van der Waals surface area contributed by atoms with Crippen LogP contribution in [0.1, 0.15) is 117 Å². The van der Waals surface area contributed by atoms with Crippen LogP contribution < -0.4 is 0 Å². The van der Waals surface area contributed by atoms with Crippen LogP contribution in [0.25, 0.3) is 0 Å². The average Bonchev–Trinajstić information content (AvgIpc) is 2.58. The molecule has 0 bridgehead atoms. The van der Waals surface area contributed by atoms with Gasteiger partial charge in [0.2, 0.25) is 0 Å². The SMILES string of the molecule is CCCCCCC(CC)OC(=O)CCCCCCCCCCC(=O)O. The first-order valence-corrected chi connectivity index (χ1v) is 10.5. The molecule has 0 saturated heterocycles. The predicted molar refractivity (Wildman–Crippen MR) is 103 cm³/mol. The maximum atomic E-state index is 11.9. The Hall–Kier alpha value is -1.06. The molecule has 1 unspecified atom stereocenters. The van der Waals surface area contributed by atoms with Crippen LogP contribution in [-0.2, 0) is 14.3 Å². The lowest BCUT2D eigenvalue weighted by Crippen LogP contribution is -2.17. The summed E-state index contributed by atoms with van der Waals surface area (Å²) in [5.41, 5.74) is 0. The molecule has 0 aromatic heterocycles. The summed E-state index contributed by atoms with van der Waals surface area (Å²) in [5.74, 6) is -0.728. The fourth-order valence-corrected chi connectivity index (χ4v) is 3.00. The highest BCUT2D eigenvalue weighted by Crippen LogP contribution is 2.14. The molecule has 0 radical (unpaired) electrons. The number of hydrogen-bond donors (Lipinski definition) is 1. The van der Waals surface area contributed by atoms with Crippen molar-refractivity contribution in [1.29, 1.82) is 0 Å². The molecule has 0 aliphatic carbocycles. The number of rotatable bonds is 18. The van der Waals surface area contributed by atoms with Crippen LogP contribution in [-0.4, -0.2) is 23.1 Å². The fourth-order valence-electron chi connectivity index (χ4n) is 3.00. The summed E-state index contributed by atoms with van der Waals surface area (Å²) < 4.78 is 5.58. The minimum atomic E-state index is -0.696. The standard InChI is InChI=1S/C21H40O4/c1-3-5-6-13-16-19(4-2)25-21(24)18-15-12-10-8-7-9-11-14-17-20(22)23/h19H,3-18H2,1-2H3,(H,22,23). The Balaban J connectivity index is 3.45. The van der Waals surface area contributed by atoms with E-state index in [0.717, 1.165) is 57.8 Å². The van der Waals surface area contributed by atoms with Gasteiger partial charge in [0, 0.05) is 12.8 Å². The lowest BCUT2D eigenvalue weighted by Gasteiger charge is -2.16. The van der Waals surface area contributed by atoms with Crippen molar-refractivity contribution in [3.8, 4) is 0 Å². The zero-order valence-electron chi connectivity index (χ0n) is 16.6. The molecule has 4 heteroatoms.